The van der Waals surface area contributed by atoms with Gasteiger partial charge in [-0.25, -0.2) is 19.2 Å². The van der Waals surface area contributed by atoms with Gasteiger partial charge in [-0.15, -0.1) is 0 Å². The zero-order valence-electron chi connectivity index (χ0n) is 54.1. The molecule has 0 bridgehead atoms. The number of rotatable bonds is 32. The van der Waals surface area contributed by atoms with Gasteiger partial charge in [-0.2, -0.15) is 0 Å². The minimum atomic E-state index is -0.157. The van der Waals surface area contributed by atoms with Crippen LogP contribution in [0, 0.1) is 0 Å². The zero-order chi connectivity index (χ0) is 63.8. The number of urea groups is 4. The van der Waals surface area contributed by atoms with Crippen molar-refractivity contribution in [3.63, 3.8) is 0 Å². The number of amides is 8. The number of anilines is 8. The lowest BCUT2D eigenvalue weighted by Gasteiger charge is -2.34. The van der Waals surface area contributed by atoms with E-state index < -0.39 is 0 Å². The molecule has 0 unspecified atom stereocenters. The molecule has 0 fully saturated rings. The number of benzene rings is 7. The van der Waals surface area contributed by atoms with Gasteiger partial charge in [-0.05, 0) is 177 Å². The summed E-state index contributed by atoms with van der Waals surface area (Å²) in [5.41, 5.74) is 6.18. The van der Waals surface area contributed by atoms with Gasteiger partial charge in [0.05, 0.1) is 28.4 Å². The van der Waals surface area contributed by atoms with E-state index in [-0.39, 0.29) is 24.1 Å². The van der Waals surface area contributed by atoms with Crippen molar-refractivity contribution >= 4 is 139 Å². The lowest BCUT2D eigenvalue weighted by molar-refractivity contribution is 0.250. The first-order chi connectivity index (χ1) is 43.3. The van der Waals surface area contributed by atoms with Crippen LogP contribution in [0.15, 0.2) is 153 Å². The molecular formula is C74H95Br3N8O4. The third kappa shape index (κ3) is 17.8. The summed E-state index contributed by atoms with van der Waals surface area (Å²) in [6, 6.07) is 46.2. The van der Waals surface area contributed by atoms with E-state index >= 15 is 19.2 Å². The van der Waals surface area contributed by atoms with E-state index in [2.05, 4.69) is 146 Å². The Bertz CT molecular complexity index is 3420. The van der Waals surface area contributed by atoms with Crippen molar-refractivity contribution in [3.05, 3.63) is 153 Å². The summed E-state index contributed by atoms with van der Waals surface area (Å²) in [7, 11) is 0. The number of fused-ring (bicyclic) bond motifs is 2. The van der Waals surface area contributed by atoms with Crippen LogP contribution in [-0.2, 0) is 0 Å². The van der Waals surface area contributed by atoms with Gasteiger partial charge in [0.1, 0.15) is 0 Å². The maximum Gasteiger partial charge on any atom is 0.329 e. The Morgan fingerprint density at radius 1 is 0.270 bits per heavy atom. The molecule has 12 nitrogen and oxygen atoms in total. The number of halogens is 3. The average molecular weight is 1400 g/mol. The van der Waals surface area contributed by atoms with Crippen molar-refractivity contribution in [2.24, 2.45) is 0 Å². The van der Waals surface area contributed by atoms with E-state index in [1.807, 2.05) is 136 Å². The van der Waals surface area contributed by atoms with E-state index in [1.54, 1.807) is 0 Å². The minimum absolute atomic E-state index is 0.0749. The molecule has 0 aliphatic heterocycles. The van der Waals surface area contributed by atoms with Crippen LogP contribution in [0.1, 0.15) is 158 Å². The fraction of sp³-hybridized carbons (Fsp3) is 0.432. The van der Waals surface area contributed by atoms with Gasteiger partial charge in [0.25, 0.3) is 0 Å². The van der Waals surface area contributed by atoms with Crippen LogP contribution in [0.5, 0.6) is 0 Å². The van der Waals surface area contributed by atoms with Crippen molar-refractivity contribution < 1.29 is 19.2 Å². The Morgan fingerprint density at radius 2 is 0.494 bits per heavy atom. The van der Waals surface area contributed by atoms with Gasteiger partial charge < -0.3 is 0 Å². The van der Waals surface area contributed by atoms with Gasteiger partial charge >= 0.3 is 24.1 Å². The second-order valence-corrected chi connectivity index (χ2v) is 25.6. The quantitative estimate of drug-likeness (QED) is 0.0420. The molecule has 7 aromatic carbocycles. The molecule has 0 spiro atoms. The van der Waals surface area contributed by atoms with Crippen molar-refractivity contribution in [2.45, 2.75) is 158 Å². The Hall–Kier alpha value is -6.42. The minimum Gasteiger partial charge on any atom is -0.294 e. The molecule has 0 saturated heterocycles. The maximum absolute atomic E-state index is 15.5. The number of carbonyl (C=O) groups is 4. The number of carbonyl (C=O) groups excluding carboxylic acids is 4. The SMILES string of the molecule is CCCCN(C(=O)N(CCCC)c1ccc(N(CCCC)C(=O)N(CCCC)c2ccc(N(CCCC)C(=O)N(CCCC)c3cccc4ccccc34)cc2Br)cc1Br)c1ccc(N(CCCC)C(=O)N(CCCC)c2cccc3ccccc23)c(Br)c1. The summed E-state index contributed by atoms with van der Waals surface area (Å²) in [5.74, 6) is 0. The standard InChI is InChI=1S/C74H95Br3N8O4/c1-9-17-45-78(71(86)81(48-20-12-4)66-37-29-33-56-31-25-27-35-61(56)66)58-39-42-68(63(75)53-58)83(50-22-14-6)72(87)79(46-18-10-2)59-40-43-69(64(76)54-59)84(51-23-15-7)73(88)80(47-19-11-3)60-41-44-70(65(77)55-60)85(52-24-16-8)74(89)82(49-21-13-5)67-38-30-34-57-32-26-28-36-62(57)67/h25-44,53-55H,9-24,45-52H2,1-8H3. The van der Waals surface area contributed by atoms with Crippen molar-refractivity contribution in [1.29, 1.82) is 0 Å². The Kier molecular flexibility index (Phi) is 28.2. The zero-order valence-corrected chi connectivity index (χ0v) is 58.9. The highest BCUT2D eigenvalue weighted by molar-refractivity contribution is 9.11. The topological polar surface area (TPSA) is 94.2 Å². The van der Waals surface area contributed by atoms with Crippen LogP contribution in [0.3, 0.4) is 0 Å². The monoisotopic (exact) mass is 1400 g/mol. The van der Waals surface area contributed by atoms with Gasteiger partial charge in [0.15, 0.2) is 0 Å². The highest BCUT2D eigenvalue weighted by Crippen LogP contribution is 2.40. The molecule has 0 radical (unpaired) electrons. The van der Waals surface area contributed by atoms with Crippen LogP contribution in [-0.4, -0.2) is 76.5 Å². The first-order valence-electron chi connectivity index (χ1n) is 33.0. The van der Waals surface area contributed by atoms with Crippen LogP contribution in [0.2, 0.25) is 0 Å². The van der Waals surface area contributed by atoms with E-state index in [0.29, 0.717) is 68.2 Å². The molecule has 0 heterocycles. The fourth-order valence-electron chi connectivity index (χ4n) is 11.2. The van der Waals surface area contributed by atoms with Crippen LogP contribution < -0.4 is 39.2 Å². The summed E-state index contributed by atoms with van der Waals surface area (Å²) in [6.07, 6.45) is 13.7. The van der Waals surface area contributed by atoms with E-state index in [9.17, 15) is 0 Å². The lowest BCUT2D eigenvalue weighted by Crippen LogP contribution is -2.46. The maximum atomic E-state index is 15.5. The van der Waals surface area contributed by atoms with Gasteiger partial charge in [0.2, 0.25) is 0 Å². The Balaban J connectivity index is 1.20. The van der Waals surface area contributed by atoms with Crippen molar-refractivity contribution in [1.82, 2.24) is 0 Å². The molecule has 89 heavy (non-hydrogen) atoms. The molecule has 0 aliphatic rings. The molecule has 476 valence electrons. The van der Waals surface area contributed by atoms with Crippen molar-refractivity contribution in [3.8, 4) is 0 Å². The number of hydrogen-bond acceptors (Lipinski definition) is 4. The molecule has 0 aromatic heterocycles. The van der Waals surface area contributed by atoms with Crippen LogP contribution in [0.4, 0.5) is 64.7 Å². The number of unbranched alkanes of at least 4 members (excludes halogenated alkanes) is 8. The lowest BCUT2D eigenvalue weighted by atomic mass is 10.1. The summed E-state index contributed by atoms with van der Waals surface area (Å²) >= 11 is 11.8. The van der Waals surface area contributed by atoms with E-state index in [4.69, 9.17) is 0 Å². The summed E-state index contributed by atoms with van der Waals surface area (Å²) in [6.45, 7) is 21.3. The Labute approximate surface area is 556 Å². The van der Waals surface area contributed by atoms with Gasteiger partial charge in [-0.1, -0.05) is 180 Å². The summed E-state index contributed by atoms with van der Waals surface area (Å²) in [5, 5.41) is 4.25. The third-order valence-corrected chi connectivity index (χ3v) is 18.4. The molecule has 0 aliphatic carbocycles. The van der Waals surface area contributed by atoms with E-state index in [1.165, 1.54) is 0 Å². The van der Waals surface area contributed by atoms with Gasteiger partial charge in [0, 0.05) is 93.6 Å². The predicted molar refractivity (Wildman–Crippen MR) is 390 cm³/mol. The second-order valence-electron chi connectivity index (χ2n) is 23.1. The molecular weight excluding hydrogens is 1300 g/mol. The molecule has 0 atom stereocenters. The first-order valence-corrected chi connectivity index (χ1v) is 35.4. The smallest absolute Gasteiger partial charge is 0.294 e. The van der Waals surface area contributed by atoms with Crippen molar-refractivity contribution in [2.75, 3.05) is 91.6 Å². The highest BCUT2D eigenvalue weighted by atomic mass is 79.9. The number of nitrogens with zero attached hydrogens (tertiary/aromatic N) is 8. The van der Waals surface area contributed by atoms with Crippen LogP contribution >= 0.6 is 47.8 Å². The molecule has 8 amide bonds. The third-order valence-electron chi connectivity index (χ3n) is 16.4. The largest absolute Gasteiger partial charge is 0.329 e. The highest BCUT2D eigenvalue weighted by Gasteiger charge is 2.32. The van der Waals surface area contributed by atoms with E-state index in [0.717, 1.165) is 167 Å². The molecule has 0 saturated carbocycles. The summed E-state index contributed by atoms with van der Waals surface area (Å²) < 4.78 is 2.15. The average Bonchev–Trinajstić information content (AvgIpc) is 1.84. The summed E-state index contributed by atoms with van der Waals surface area (Å²) in [4.78, 5) is 76.3. The molecule has 7 aromatic rings. The second kappa shape index (κ2) is 35.8. The van der Waals surface area contributed by atoms with Crippen LogP contribution in [0.25, 0.3) is 21.5 Å². The molecule has 7 rings (SSSR count). The molecule has 0 N–H and O–H groups in total. The predicted octanol–water partition coefficient (Wildman–Crippen LogP) is 22.4. The normalized spacial score (nSPS) is 11.2. The Morgan fingerprint density at radius 3 is 0.753 bits per heavy atom. The number of hydrogen-bond donors (Lipinski definition) is 0. The fourth-order valence-corrected chi connectivity index (χ4v) is 13.0. The van der Waals surface area contributed by atoms with Gasteiger partial charge in [-0.3, -0.25) is 39.2 Å². The first kappa shape index (κ1) is 70.0. The molecule has 15 heteroatoms.